The van der Waals surface area contributed by atoms with Crippen molar-refractivity contribution in [3.8, 4) is 0 Å². The topological polar surface area (TPSA) is 113 Å². The Morgan fingerprint density at radius 2 is 1.48 bits per heavy atom. The summed E-state index contributed by atoms with van der Waals surface area (Å²) in [5.74, 6) is -1.61. The molecule has 1 amide bonds. The number of unbranched alkanes of at least 4 members (excludes halogenated alkanes) is 8. The summed E-state index contributed by atoms with van der Waals surface area (Å²) in [6.45, 7) is 2.21. The van der Waals surface area contributed by atoms with Gasteiger partial charge in [0.2, 0.25) is 5.91 Å². The van der Waals surface area contributed by atoms with Gasteiger partial charge in [0, 0.05) is 6.42 Å². The average Bonchev–Trinajstić information content (AvgIpc) is 2.49. The van der Waals surface area contributed by atoms with Crippen molar-refractivity contribution in [1.29, 1.82) is 0 Å². The molecule has 0 saturated carbocycles. The van der Waals surface area contributed by atoms with E-state index in [2.05, 4.69) is 12.2 Å². The molecule has 0 radical (unpaired) electrons. The number of nitrogens with two attached hydrogens (primary N) is 1. The number of amides is 1. The lowest BCUT2D eigenvalue weighted by atomic mass is 10.1. The van der Waals surface area contributed by atoms with Crippen LogP contribution in [0.15, 0.2) is 0 Å². The van der Waals surface area contributed by atoms with Crippen LogP contribution < -0.4 is 11.1 Å². The molecule has 1 unspecified atom stereocenters. The molecule has 0 fully saturated rings. The van der Waals surface area contributed by atoms with Crippen LogP contribution in [0.25, 0.3) is 0 Å². The van der Waals surface area contributed by atoms with E-state index in [1.165, 1.54) is 38.5 Å². The summed E-state index contributed by atoms with van der Waals surface area (Å²) in [6.07, 6.45) is 10.5. The maximum atomic E-state index is 11.0. The van der Waals surface area contributed by atoms with Gasteiger partial charge in [0.05, 0.1) is 0 Å². The van der Waals surface area contributed by atoms with Crippen molar-refractivity contribution in [3.05, 3.63) is 0 Å². The van der Waals surface area contributed by atoms with Crippen LogP contribution >= 0.6 is 0 Å². The molecule has 0 aliphatic rings. The van der Waals surface area contributed by atoms with Crippen LogP contribution in [-0.4, -0.2) is 34.4 Å². The molecule has 6 nitrogen and oxygen atoms in total. The summed E-state index contributed by atoms with van der Waals surface area (Å²) < 4.78 is 0. The highest BCUT2D eigenvalue weighted by molar-refractivity contribution is 5.77. The zero-order chi connectivity index (χ0) is 17.5. The van der Waals surface area contributed by atoms with Crippen molar-refractivity contribution in [2.24, 2.45) is 5.73 Å². The van der Waals surface area contributed by atoms with Crippen molar-refractivity contribution in [2.45, 2.75) is 96.2 Å². The summed E-state index contributed by atoms with van der Waals surface area (Å²) in [4.78, 5) is 21.8. The fraction of sp³-hybridized carbons (Fsp3) is 0.882. The van der Waals surface area contributed by atoms with Crippen LogP contribution in [-0.2, 0) is 9.59 Å². The number of carboxylic acid groups (broad SMARTS) is 1. The Labute approximate surface area is 139 Å². The lowest BCUT2D eigenvalue weighted by Crippen LogP contribution is -2.43. The third-order valence-electron chi connectivity index (χ3n) is 3.95. The van der Waals surface area contributed by atoms with Gasteiger partial charge in [-0.3, -0.25) is 14.9 Å². The summed E-state index contributed by atoms with van der Waals surface area (Å²) in [5.41, 5.74) is 5.01. The van der Waals surface area contributed by atoms with Gasteiger partial charge in [-0.2, -0.15) is 0 Å². The maximum absolute atomic E-state index is 11.0. The number of aliphatic carboxylic acids is 1. The SMILES string of the molecule is CCCCCCCCCCCC(O)N[C@@H](CCC(N)=O)C(=O)O. The van der Waals surface area contributed by atoms with E-state index in [1.54, 1.807) is 0 Å². The van der Waals surface area contributed by atoms with Gasteiger partial charge >= 0.3 is 5.97 Å². The predicted molar refractivity (Wildman–Crippen MR) is 90.8 cm³/mol. The zero-order valence-electron chi connectivity index (χ0n) is 14.4. The second-order valence-electron chi connectivity index (χ2n) is 6.20. The van der Waals surface area contributed by atoms with E-state index >= 15 is 0 Å². The first-order valence-electron chi connectivity index (χ1n) is 8.92. The number of carbonyl (C=O) groups is 2. The first kappa shape index (κ1) is 21.9. The highest BCUT2D eigenvalue weighted by Gasteiger charge is 2.20. The molecule has 5 N–H and O–H groups in total. The van der Waals surface area contributed by atoms with Crippen molar-refractivity contribution in [1.82, 2.24) is 5.32 Å². The number of rotatable bonds is 16. The number of aliphatic hydroxyl groups is 1. The Hall–Kier alpha value is -1.14. The van der Waals surface area contributed by atoms with Gasteiger partial charge < -0.3 is 15.9 Å². The van der Waals surface area contributed by atoms with E-state index in [9.17, 15) is 14.7 Å². The Kier molecular flexibility index (Phi) is 13.7. The predicted octanol–water partition coefficient (Wildman–Crippen LogP) is 2.53. The largest absolute Gasteiger partial charge is 0.480 e. The number of carboxylic acids is 1. The quantitative estimate of drug-likeness (QED) is 0.256. The Morgan fingerprint density at radius 3 is 1.96 bits per heavy atom. The van der Waals surface area contributed by atoms with E-state index in [1.807, 2.05) is 0 Å². The lowest BCUT2D eigenvalue weighted by molar-refractivity contribution is -0.140. The van der Waals surface area contributed by atoms with Gasteiger partial charge in [-0.25, -0.2) is 0 Å². The molecule has 23 heavy (non-hydrogen) atoms. The molecule has 0 aromatic heterocycles. The monoisotopic (exact) mass is 330 g/mol. The van der Waals surface area contributed by atoms with Crippen LogP contribution in [0.2, 0.25) is 0 Å². The van der Waals surface area contributed by atoms with Crippen LogP contribution in [0.3, 0.4) is 0 Å². The molecule has 0 rings (SSSR count). The van der Waals surface area contributed by atoms with Gasteiger partial charge in [-0.15, -0.1) is 0 Å². The molecule has 136 valence electrons. The second kappa shape index (κ2) is 14.5. The smallest absolute Gasteiger partial charge is 0.320 e. The normalized spacial score (nSPS) is 13.7. The van der Waals surface area contributed by atoms with Gasteiger partial charge in [0.25, 0.3) is 0 Å². The summed E-state index contributed by atoms with van der Waals surface area (Å²) in [6, 6.07) is -0.934. The molecule has 0 aliphatic carbocycles. The molecule has 0 spiro atoms. The lowest BCUT2D eigenvalue weighted by Gasteiger charge is -2.18. The molecule has 0 aromatic rings. The number of hydrogen-bond donors (Lipinski definition) is 4. The van der Waals surface area contributed by atoms with Crippen molar-refractivity contribution in [2.75, 3.05) is 0 Å². The van der Waals surface area contributed by atoms with Gasteiger partial charge in [-0.05, 0) is 19.3 Å². The third-order valence-corrected chi connectivity index (χ3v) is 3.95. The second-order valence-corrected chi connectivity index (χ2v) is 6.20. The standard InChI is InChI=1S/C17H34N2O4/c1-2-3-4-5-6-7-8-9-10-11-16(21)19-14(17(22)23)12-13-15(18)20/h14,16,19,21H,2-13H2,1H3,(H2,18,20)(H,22,23)/t14-,16?/m0/s1. The molecule has 0 saturated heterocycles. The minimum Gasteiger partial charge on any atom is -0.480 e. The summed E-state index contributed by atoms with van der Waals surface area (Å²) >= 11 is 0. The summed E-state index contributed by atoms with van der Waals surface area (Å²) in [5, 5.41) is 21.5. The van der Waals surface area contributed by atoms with E-state index in [-0.39, 0.29) is 12.8 Å². The van der Waals surface area contributed by atoms with Gasteiger partial charge in [0.15, 0.2) is 0 Å². The number of carbonyl (C=O) groups excluding carboxylic acids is 1. The van der Waals surface area contributed by atoms with E-state index < -0.39 is 24.1 Å². The summed E-state index contributed by atoms with van der Waals surface area (Å²) in [7, 11) is 0. The molecule has 0 aromatic carbocycles. The van der Waals surface area contributed by atoms with E-state index in [4.69, 9.17) is 10.8 Å². The first-order chi connectivity index (χ1) is 11.0. The highest BCUT2D eigenvalue weighted by Crippen LogP contribution is 2.11. The van der Waals surface area contributed by atoms with Crippen LogP contribution in [0.4, 0.5) is 0 Å². The van der Waals surface area contributed by atoms with E-state index in [0.717, 1.165) is 19.3 Å². The molecule has 0 heterocycles. The third kappa shape index (κ3) is 14.2. The Bertz CT molecular complexity index is 324. The molecular weight excluding hydrogens is 296 g/mol. The number of primary amides is 1. The molecule has 0 bridgehead atoms. The molecule has 2 atom stereocenters. The molecular formula is C17H34N2O4. The first-order valence-corrected chi connectivity index (χ1v) is 8.92. The number of nitrogens with one attached hydrogen (secondary N) is 1. The molecule has 0 aliphatic heterocycles. The average molecular weight is 330 g/mol. The van der Waals surface area contributed by atoms with Gasteiger partial charge in [0.1, 0.15) is 12.3 Å². The van der Waals surface area contributed by atoms with E-state index in [0.29, 0.717) is 6.42 Å². The zero-order valence-corrected chi connectivity index (χ0v) is 14.4. The van der Waals surface area contributed by atoms with Crippen LogP contribution in [0.5, 0.6) is 0 Å². The molecule has 6 heteroatoms. The Morgan fingerprint density at radius 1 is 0.957 bits per heavy atom. The fourth-order valence-electron chi connectivity index (χ4n) is 2.53. The maximum Gasteiger partial charge on any atom is 0.320 e. The minimum absolute atomic E-state index is 0.00524. The van der Waals surface area contributed by atoms with Crippen molar-refractivity contribution >= 4 is 11.9 Å². The van der Waals surface area contributed by atoms with Crippen molar-refractivity contribution in [3.63, 3.8) is 0 Å². The number of aliphatic hydroxyl groups excluding tert-OH is 1. The minimum atomic E-state index is -1.07. The Balaban J connectivity index is 3.65. The number of hydrogen-bond acceptors (Lipinski definition) is 4. The van der Waals surface area contributed by atoms with Gasteiger partial charge in [-0.1, -0.05) is 58.3 Å². The fourth-order valence-corrected chi connectivity index (χ4v) is 2.53. The van der Waals surface area contributed by atoms with Crippen LogP contribution in [0.1, 0.15) is 84.0 Å². The van der Waals surface area contributed by atoms with Crippen molar-refractivity contribution < 1.29 is 19.8 Å². The van der Waals surface area contributed by atoms with Crippen LogP contribution in [0, 0.1) is 0 Å². The highest BCUT2D eigenvalue weighted by atomic mass is 16.4.